The van der Waals surface area contributed by atoms with Crippen LogP contribution < -0.4 is 5.32 Å². The molecule has 0 heterocycles. The lowest BCUT2D eigenvalue weighted by Crippen LogP contribution is -2.25. The number of nitrogens with one attached hydrogen (secondary N) is 1. The number of benzene rings is 1. The van der Waals surface area contributed by atoms with Crippen LogP contribution >= 0.6 is 0 Å². The lowest BCUT2D eigenvalue weighted by atomic mass is 9.95. The van der Waals surface area contributed by atoms with Crippen LogP contribution in [0.15, 0.2) is 24.3 Å². The maximum Gasteiger partial charge on any atom is 0.0354 e. The van der Waals surface area contributed by atoms with Gasteiger partial charge in [-0.1, -0.05) is 57.9 Å². The summed E-state index contributed by atoms with van der Waals surface area (Å²) < 4.78 is 0. The molecule has 2 fully saturated rings. The maximum absolute atomic E-state index is 3.85. The number of fused-ring (bicyclic) bond motifs is 1. The fourth-order valence-electron chi connectivity index (χ4n) is 4.41. The fourth-order valence-corrected chi connectivity index (χ4v) is 4.41. The van der Waals surface area contributed by atoms with Crippen molar-refractivity contribution in [2.24, 2.45) is 17.8 Å². The second-order valence-electron chi connectivity index (χ2n) is 7.44. The monoisotopic (exact) mass is 285 g/mol. The Morgan fingerprint density at radius 1 is 1.00 bits per heavy atom. The molecule has 3 rings (SSSR count). The highest BCUT2D eigenvalue weighted by Crippen LogP contribution is 2.60. The number of hydrogen-bond donors (Lipinski definition) is 1. The van der Waals surface area contributed by atoms with Crippen LogP contribution in [0.2, 0.25) is 0 Å². The van der Waals surface area contributed by atoms with E-state index in [9.17, 15) is 0 Å². The molecular weight excluding hydrogens is 254 g/mol. The quantitative estimate of drug-likeness (QED) is 0.749. The van der Waals surface area contributed by atoms with Crippen LogP contribution in [0.3, 0.4) is 0 Å². The van der Waals surface area contributed by atoms with Gasteiger partial charge >= 0.3 is 0 Å². The van der Waals surface area contributed by atoms with Crippen LogP contribution in [0.25, 0.3) is 0 Å². The van der Waals surface area contributed by atoms with Crippen molar-refractivity contribution >= 4 is 0 Å². The SMILES string of the molecule is CCCNC(c1ccc(C(C)C)cc1)C1C2CCCCC21. The first-order chi connectivity index (χ1) is 10.2. The van der Waals surface area contributed by atoms with Gasteiger partial charge in [0.15, 0.2) is 0 Å². The molecule has 116 valence electrons. The highest BCUT2D eigenvalue weighted by Gasteiger charge is 2.54. The molecule has 0 bridgehead atoms. The van der Waals surface area contributed by atoms with Gasteiger partial charge in [-0.3, -0.25) is 0 Å². The van der Waals surface area contributed by atoms with Gasteiger partial charge in [-0.25, -0.2) is 0 Å². The van der Waals surface area contributed by atoms with Crippen molar-refractivity contribution in [3.63, 3.8) is 0 Å². The van der Waals surface area contributed by atoms with Crippen molar-refractivity contribution in [1.82, 2.24) is 5.32 Å². The molecule has 0 spiro atoms. The van der Waals surface area contributed by atoms with Crippen molar-refractivity contribution in [1.29, 1.82) is 0 Å². The minimum absolute atomic E-state index is 0.597. The summed E-state index contributed by atoms with van der Waals surface area (Å²) in [6, 6.07) is 10.0. The van der Waals surface area contributed by atoms with E-state index in [1.54, 1.807) is 0 Å². The van der Waals surface area contributed by atoms with Crippen LogP contribution in [-0.4, -0.2) is 6.54 Å². The molecule has 2 saturated carbocycles. The van der Waals surface area contributed by atoms with Gasteiger partial charge in [0.25, 0.3) is 0 Å². The molecule has 0 aliphatic heterocycles. The Kier molecular flexibility index (Phi) is 4.69. The first-order valence-corrected chi connectivity index (χ1v) is 9.05. The van der Waals surface area contributed by atoms with E-state index in [1.165, 1.54) is 43.2 Å². The van der Waals surface area contributed by atoms with E-state index in [4.69, 9.17) is 0 Å². The highest BCUT2D eigenvalue weighted by atomic mass is 14.9. The molecule has 1 aromatic rings. The average Bonchev–Trinajstić information content (AvgIpc) is 3.23. The molecule has 2 aliphatic carbocycles. The summed E-state index contributed by atoms with van der Waals surface area (Å²) in [7, 11) is 0. The third-order valence-corrected chi connectivity index (χ3v) is 5.68. The minimum atomic E-state index is 0.597. The first kappa shape index (κ1) is 15.1. The Bertz CT molecular complexity index is 435. The summed E-state index contributed by atoms with van der Waals surface area (Å²) in [4.78, 5) is 0. The Labute approximate surface area is 130 Å². The Morgan fingerprint density at radius 3 is 2.10 bits per heavy atom. The smallest absolute Gasteiger partial charge is 0.0354 e. The lowest BCUT2D eigenvalue weighted by molar-refractivity contribution is 0.445. The summed E-state index contributed by atoms with van der Waals surface area (Å²) >= 11 is 0. The lowest BCUT2D eigenvalue weighted by Gasteiger charge is -2.20. The molecule has 3 unspecified atom stereocenters. The molecule has 0 aromatic heterocycles. The van der Waals surface area contributed by atoms with Crippen LogP contribution in [0.4, 0.5) is 0 Å². The normalized spacial score (nSPS) is 29.2. The molecule has 1 heteroatoms. The van der Waals surface area contributed by atoms with Crippen LogP contribution in [0.5, 0.6) is 0 Å². The van der Waals surface area contributed by atoms with Gasteiger partial charge in [0.05, 0.1) is 0 Å². The number of rotatable bonds is 6. The van der Waals surface area contributed by atoms with Gasteiger partial charge in [0.1, 0.15) is 0 Å². The molecule has 0 saturated heterocycles. The molecule has 1 N–H and O–H groups in total. The zero-order valence-corrected chi connectivity index (χ0v) is 13.9. The van der Waals surface area contributed by atoms with E-state index in [0.29, 0.717) is 12.0 Å². The molecule has 3 atom stereocenters. The standard InChI is InChI=1S/C20H31N/c1-4-13-21-20(19-17-7-5-6-8-18(17)19)16-11-9-15(10-12-16)14(2)3/h9-12,14,17-21H,4-8,13H2,1-3H3. The van der Waals surface area contributed by atoms with Gasteiger partial charge < -0.3 is 5.32 Å². The zero-order chi connectivity index (χ0) is 14.8. The van der Waals surface area contributed by atoms with E-state index in [-0.39, 0.29) is 0 Å². The van der Waals surface area contributed by atoms with Crippen molar-refractivity contribution < 1.29 is 0 Å². The molecule has 2 aliphatic rings. The molecule has 0 amide bonds. The van der Waals surface area contributed by atoms with E-state index in [1.807, 2.05) is 0 Å². The minimum Gasteiger partial charge on any atom is -0.310 e. The average molecular weight is 285 g/mol. The highest BCUT2D eigenvalue weighted by molar-refractivity contribution is 5.29. The maximum atomic E-state index is 3.85. The van der Waals surface area contributed by atoms with Crippen LogP contribution in [0.1, 0.15) is 76.0 Å². The third-order valence-electron chi connectivity index (χ3n) is 5.68. The summed E-state index contributed by atoms with van der Waals surface area (Å²) in [6.07, 6.45) is 7.10. The zero-order valence-electron chi connectivity index (χ0n) is 13.9. The van der Waals surface area contributed by atoms with E-state index in [0.717, 1.165) is 24.3 Å². The molecule has 21 heavy (non-hydrogen) atoms. The van der Waals surface area contributed by atoms with E-state index < -0.39 is 0 Å². The molecule has 0 radical (unpaired) electrons. The molecule has 1 aromatic carbocycles. The summed E-state index contributed by atoms with van der Waals surface area (Å²) in [5.74, 6) is 3.56. The predicted molar refractivity (Wildman–Crippen MR) is 90.5 cm³/mol. The molecule has 1 nitrogen and oxygen atoms in total. The topological polar surface area (TPSA) is 12.0 Å². The summed E-state index contributed by atoms with van der Waals surface area (Å²) in [5.41, 5.74) is 2.98. The van der Waals surface area contributed by atoms with Crippen molar-refractivity contribution in [2.45, 2.75) is 64.8 Å². The van der Waals surface area contributed by atoms with Gasteiger partial charge in [0.2, 0.25) is 0 Å². The van der Waals surface area contributed by atoms with Gasteiger partial charge in [-0.2, -0.15) is 0 Å². The predicted octanol–water partition coefficient (Wildman–Crippen LogP) is 5.29. The Balaban J connectivity index is 1.75. The largest absolute Gasteiger partial charge is 0.310 e. The van der Waals surface area contributed by atoms with E-state index >= 15 is 0 Å². The van der Waals surface area contributed by atoms with Crippen molar-refractivity contribution in [3.05, 3.63) is 35.4 Å². The number of hydrogen-bond acceptors (Lipinski definition) is 1. The second kappa shape index (κ2) is 6.52. The van der Waals surface area contributed by atoms with Crippen LogP contribution in [0, 0.1) is 17.8 Å². The summed E-state index contributed by atoms with van der Waals surface area (Å²) in [6.45, 7) is 7.97. The third kappa shape index (κ3) is 3.18. The fraction of sp³-hybridized carbons (Fsp3) is 0.700. The van der Waals surface area contributed by atoms with Gasteiger partial charge in [0, 0.05) is 6.04 Å². The van der Waals surface area contributed by atoms with Crippen molar-refractivity contribution in [3.8, 4) is 0 Å². The van der Waals surface area contributed by atoms with Crippen LogP contribution in [-0.2, 0) is 0 Å². The Morgan fingerprint density at radius 2 is 1.57 bits per heavy atom. The summed E-state index contributed by atoms with van der Waals surface area (Å²) in [5, 5.41) is 3.85. The molecular formula is C20H31N. The first-order valence-electron chi connectivity index (χ1n) is 9.05. The second-order valence-corrected chi connectivity index (χ2v) is 7.44. The van der Waals surface area contributed by atoms with Gasteiger partial charge in [-0.15, -0.1) is 0 Å². The van der Waals surface area contributed by atoms with Gasteiger partial charge in [-0.05, 0) is 60.6 Å². The Hall–Kier alpha value is -0.820. The van der Waals surface area contributed by atoms with E-state index in [2.05, 4.69) is 50.4 Å². The van der Waals surface area contributed by atoms with Crippen molar-refractivity contribution in [2.75, 3.05) is 6.54 Å².